The first-order chi connectivity index (χ1) is 14.8. The van der Waals surface area contributed by atoms with Gasteiger partial charge in [-0.05, 0) is 29.2 Å². The Morgan fingerprint density at radius 2 is 2.03 bits per heavy atom. The Balaban J connectivity index is 2.24. The van der Waals surface area contributed by atoms with Crippen LogP contribution in [0.15, 0.2) is 23.0 Å². The van der Waals surface area contributed by atoms with Crippen molar-refractivity contribution >= 4 is 23.6 Å². The van der Waals surface area contributed by atoms with Gasteiger partial charge in [0.2, 0.25) is 11.4 Å². The number of esters is 1. The largest absolute Gasteiger partial charge is 0.569 e. The monoisotopic (exact) mass is 481 g/mol. The molecule has 0 aliphatic carbocycles. The number of aliphatic hydroxyl groups is 1. The van der Waals surface area contributed by atoms with Crippen LogP contribution < -0.4 is 4.74 Å². The fourth-order valence-corrected chi connectivity index (χ4v) is 3.19. The first kappa shape index (κ1) is 25.5. The van der Waals surface area contributed by atoms with Crippen molar-refractivity contribution in [2.75, 3.05) is 27.0 Å². The normalized spacial score (nSPS) is 16.6. The van der Waals surface area contributed by atoms with Crippen LogP contribution in [0.2, 0.25) is 5.02 Å². The number of nitrogens with zero attached hydrogens (tertiary/aromatic N) is 3. The number of benzene rings is 1. The van der Waals surface area contributed by atoms with Gasteiger partial charge in [-0.3, -0.25) is 0 Å². The second kappa shape index (κ2) is 9.82. The number of ether oxygens (including phenoxy) is 2. The Morgan fingerprint density at radius 1 is 1.38 bits per heavy atom. The number of carbonyl (C=O) groups is 1. The molecule has 0 radical (unpaired) electrons. The van der Waals surface area contributed by atoms with Crippen molar-refractivity contribution in [3.8, 4) is 5.75 Å². The molecule has 0 spiro atoms. The summed E-state index contributed by atoms with van der Waals surface area (Å²) in [5.41, 5.74) is -0.503. The van der Waals surface area contributed by atoms with Gasteiger partial charge < -0.3 is 24.6 Å². The molecule has 0 bridgehead atoms. The van der Waals surface area contributed by atoms with E-state index in [-0.39, 0.29) is 29.4 Å². The maximum atomic E-state index is 13.6. The summed E-state index contributed by atoms with van der Waals surface area (Å²) in [6.07, 6.45) is -6.49. The minimum Gasteiger partial charge on any atom is -0.569 e. The Hall–Kier alpha value is -2.73. The summed E-state index contributed by atoms with van der Waals surface area (Å²) in [4.78, 5) is 16.8. The molecule has 2 rings (SSSR count). The SMILES string of the molecule is CN(CCO)/[N+]([O-])=N/OCOC(=O)C1=Cc2cc(Cl)c(C(C)(C)C)cc2O[C@@H]1C(F)(F)F. The quantitative estimate of drug-likeness (QED) is 0.158. The molecular formula is C19H23ClF3N3O6. The summed E-state index contributed by atoms with van der Waals surface area (Å²) in [6.45, 7) is 4.24. The average molecular weight is 482 g/mol. The second-order valence-electron chi connectivity index (χ2n) is 7.88. The highest BCUT2D eigenvalue weighted by Crippen LogP contribution is 2.42. The van der Waals surface area contributed by atoms with Crippen LogP contribution in [0.25, 0.3) is 6.08 Å². The Bertz CT molecular complexity index is 915. The fraction of sp³-hybridized carbons (Fsp3) is 0.526. The summed E-state index contributed by atoms with van der Waals surface area (Å²) in [5, 5.41) is 24.4. The number of hydrogen-bond acceptors (Lipinski definition) is 7. The van der Waals surface area contributed by atoms with Gasteiger partial charge in [0.1, 0.15) is 5.75 Å². The van der Waals surface area contributed by atoms with Gasteiger partial charge in [0, 0.05) is 10.6 Å². The van der Waals surface area contributed by atoms with Crippen LogP contribution in [-0.2, 0) is 19.8 Å². The van der Waals surface area contributed by atoms with Gasteiger partial charge in [0.05, 0.1) is 30.7 Å². The van der Waals surface area contributed by atoms with E-state index in [0.29, 0.717) is 10.6 Å². The molecule has 0 saturated heterocycles. The lowest BCUT2D eigenvalue weighted by Gasteiger charge is -2.30. The molecule has 1 atom stereocenters. The topological polar surface area (TPSA) is 107 Å². The summed E-state index contributed by atoms with van der Waals surface area (Å²) >= 11 is 6.27. The first-order valence-electron chi connectivity index (χ1n) is 9.34. The van der Waals surface area contributed by atoms with Crippen LogP contribution in [0.1, 0.15) is 31.9 Å². The summed E-state index contributed by atoms with van der Waals surface area (Å²) < 4.78 is 50.5. The molecule has 1 heterocycles. The first-order valence-corrected chi connectivity index (χ1v) is 9.71. The molecule has 13 heteroatoms. The standard InChI is InChI=1S/C19H23ClF3N3O6/c1-18(2,3)13-9-15-11(8-14(13)20)7-12(16(32-15)19(21,22)23)17(28)30-10-31-24-26(29)25(4)5-6-27/h7-9,16,27H,5-6,10H2,1-4H3/b26-24-/t16-/m0/s1. The summed E-state index contributed by atoms with van der Waals surface area (Å²) in [7, 11) is 1.30. The third-order valence-corrected chi connectivity index (χ3v) is 4.68. The molecule has 1 aliphatic heterocycles. The maximum Gasteiger partial charge on any atom is 0.430 e. The second-order valence-corrected chi connectivity index (χ2v) is 8.28. The lowest BCUT2D eigenvalue weighted by atomic mass is 9.85. The molecule has 0 aromatic heterocycles. The zero-order chi connectivity index (χ0) is 24.3. The van der Waals surface area contributed by atoms with E-state index in [1.165, 1.54) is 19.2 Å². The van der Waals surface area contributed by atoms with Crippen LogP contribution in [0, 0.1) is 5.21 Å². The van der Waals surface area contributed by atoms with Crippen LogP contribution in [0.4, 0.5) is 13.2 Å². The minimum absolute atomic E-state index is 0.0311. The van der Waals surface area contributed by atoms with Crippen molar-refractivity contribution in [1.82, 2.24) is 5.01 Å². The zero-order valence-electron chi connectivity index (χ0n) is 17.8. The number of carbonyl (C=O) groups excluding carboxylic acids is 1. The molecule has 0 fully saturated rings. The number of fused-ring (bicyclic) bond motifs is 1. The van der Waals surface area contributed by atoms with Gasteiger partial charge in [0.25, 0.3) is 6.79 Å². The maximum absolute atomic E-state index is 13.6. The van der Waals surface area contributed by atoms with Crippen molar-refractivity contribution in [2.45, 2.75) is 38.5 Å². The lowest BCUT2D eigenvalue weighted by Crippen LogP contribution is -2.41. The lowest BCUT2D eigenvalue weighted by molar-refractivity contribution is -0.706. The molecule has 1 aromatic carbocycles. The van der Waals surface area contributed by atoms with Gasteiger partial charge in [-0.2, -0.15) is 13.2 Å². The van der Waals surface area contributed by atoms with Crippen LogP contribution in [-0.4, -0.2) is 60.3 Å². The van der Waals surface area contributed by atoms with Crippen molar-refractivity contribution in [2.24, 2.45) is 5.28 Å². The smallest absolute Gasteiger partial charge is 0.430 e. The van der Waals surface area contributed by atoms with E-state index < -0.39 is 36.0 Å². The molecule has 1 aromatic rings. The van der Waals surface area contributed by atoms with E-state index in [2.05, 4.69) is 14.9 Å². The Morgan fingerprint density at radius 3 is 2.59 bits per heavy atom. The number of likely N-dealkylation sites (N-methyl/N-ethyl adjacent to an activating group) is 1. The van der Waals surface area contributed by atoms with E-state index in [9.17, 15) is 23.2 Å². The van der Waals surface area contributed by atoms with Crippen molar-refractivity contribution in [3.63, 3.8) is 0 Å². The molecule has 0 amide bonds. The van der Waals surface area contributed by atoms with E-state index >= 15 is 0 Å². The van der Waals surface area contributed by atoms with E-state index in [1.54, 1.807) is 0 Å². The van der Waals surface area contributed by atoms with Crippen LogP contribution in [0.5, 0.6) is 5.75 Å². The molecule has 0 unspecified atom stereocenters. The molecule has 1 aliphatic rings. The number of halogens is 4. The fourth-order valence-electron chi connectivity index (χ4n) is 2.73. The number of rotatable bonds is 7. The minimum atomic E-state index is -4.91. The predicted octanol–water partition coefficient (Wildman–Crippen LogP) is 3.58. The van der Waals surface area contributed by atoms with Gasteiger partial charge in [-0.15, -0.1) is 5.01 Å². The van der Waals surface area contributed by atoms with E-state index in [4.69, 9.17) is 21.4 Å². The van der Waals surface area contributed by atoms with Crippen molar-refractivity contribution < 1.29 is 42.4 Å². The summed E-state index contributed by atoms with van der Waals surface area (Å²) in [5.74, 6) is -1.44. The van der Waals surface area contributed by atoms with Gasteiger partial charge in [-0.25, -0.2) is 4.79 Å². The third kappa shape index (κ3) is 6.16. The molecule has 0 saturated carbocycles. The number of aliphatic hydroxyl groups excluding tert-OH is 1. The van der Waals surface area contributed by atoms with Crippen molar-refractivity contribution in [1.29, 1.82) is 0 Å². The molecule has 178 valence electrons. The number of hydrogen-bond donors (Lipinski definition) is 1. The molecule has 32 heavy (non-hydrogen) atoms. The van der Waals surface area contributed by atoms with Gasteiger partial charge >= 0.3 is 12.1 Å². The molecule has 9 nitrogen and oxygen atoms in total. The van der Waals surface area contributed by atoms with E-state index in [0.717, 1.165) is 11.1 Å². The zero-order valence-corrected chi connectivity index (χ0v) is 18.5. The number of hydrazine groups is 1. The predicted molar refractivity (Wildman–Crippen MR) is 106 cm³/mol. The summed E-state index contributed by atoms with van der Waals surface area (Å²) in [6, 6.07) is 2.83. The van der Waals surface area contributed by atoms with E-state index in [1.807, 2.05) is 20.8 Å². The van der Waals surface area contributed by atoms with Gasteiger partial charge in [0.15, 0.2) is 0 Å². The average Bonchev–Trinajstić information content (AvgIpc) is 2.68. The highest BCUT2D eigenvalue weighted by molar-refractivity contribution is 6.31. The highest BCUT2D eigenvalue weighted by Gasteiger charge is 2.49. The van der Waals surface area contributed by atoms with Crippen LogP contribution in [0.3, 0.4) is 0 Å². The third-order valence-electron chi connectivity index (χ3n) is 4.36. The van der Waals surface area contributed by atoms with Gasteiger partial charge in [-0.1, -0.05) is 32.4 Å². The molecular weight excluding hydrogens is 459 g/mol. The molecule has 1 N–H and O–H groups in total. The Labute approximate surface area is 187 Å². The van der Waals surface area contributed by atoms with Crippen molar-refractivity contribution in [3.05, 3.63) is 39.1 Å². The van der Waals surface area contributed by atoms with Crippen LogP contribution >= 0.6 is 11.6 Å². The Kier molecular flexibility index (Phi) is 7.83. The number of alkyl halides is 3. The highest BCUT2D eigenvalue weighted by atomic mass is 35.5.